The zero-order valence-corrected chi connectivity index (χ0v) is 10.4. The van der Waals surface area contributed by atoms with Crippen molar-refractivity contribution in [2.75, 3.05) is 45.1 Å². The maximum absolute atomic E-state index is 11.6. The molecule has 5 nitrogen and oxygen atoms in total. The summed E-state index contributed by atoms with van der Waals surface area (Å²) < 4.78 is 9.74. The molecule has 2 N–H and O–H groups in total. The third-order valence-electron chi connectivity index (χ3n) is 2.49. The van der Waals surface area contributed by atoms with Crippen molar-refractivity contribution in [3.63, 3.8) is 0 Å². The number of esters is 1. The van der Waals surface area contributed by atoms with Gasteiger partial charge < -0.3 is 20.1 Å². The highest BCUT2D eigenvalue weighted by molar-refractivity contribution is 5.99. The molecule has 0 aromatic heterocycles. The Bertz CT molecular complexity index is 393. The van der Waals surface area contributed by atoms with Crippen molar-refractivity contribution in [3.05, 3.63) is 23.8 Å². The predicted molar refractivity (Wildman–Crippen MR) is 67.3 cm³/mol. The van der Waals surface area contributed by atoms with Gasteiger partial charge in [0.1, 0.15) is 0 Å². The van der Waals surface area contributed by atoms with E-state index in [0.29, 0.717) is 30.1 Å². The summed E-state index contributed by atoms with van der Waals surface area (Å²) in [6, 6.07) is 5.18. The number of nitrogen functional groups attached to an aromatic ring is 1. The van der Waals surface area contributed by atoms with Gasteiger partial charge in [0.25, 0.3) is 0 Å². The van der Waals surface area contributed by atoms with Crippen molar-refractivity contribution in [1.29, 1.82) is 0 Å². The summed E-state index contributed by atoms with van der Waals surface area (Å²) in [6.07, 6.45) is 0. The van der Waals surface area contributed by atoms with Gasteiger partial charge in [0.2, 0.25) is 0 Å². The predicted octanol–water partition coefficient (Wildman–Crippen LogP) is 1.14. The maximum atomic E-state index is 11.6. The third-order valence-corrected chi connectivity index (χ3v) is 2.49. The van der Waals surface area contributed by atoms with E-state index in [1.165, 1.54) is 7.11 Å². The summed E-state index contributed by atoms with van der Waals surface area (Å²) in [4.78, 5) is 13.5. The van der Waals surface area contributed by atoms with Crippen LogP contribution >= 0.6 is 0 Å². The van der Waals surface area contributed by atoms with Gasteiger partial charge in [-0.25, -0.2) is 4.79 Å². The summed E-state index contributed by atoms with van der Waals surface area (Å²) in [5.41, 5.74) is 7.59. The van der Waals surface area contributed by atoms with Crippen molar-refractivity contribution in [1.82, 2.24) is 0 Å². The molecule has 0 saturated heterocycles. The van der Waals surface area contributed by atoms with E-state index >= 15 is 0 Å². The summed E-state index contributed by atoms with van der Waals surface area (Å²) in [5, 5.41) is 0. The summed E-state index contributed by atoms with van der Waals surface area (Å²) >= 11 is 0. The number of rotatable bonds is 5. The Morgan fingerprint density at radius 2 is 2.12 bits per heavy atom. The standard InChI is InChI=1S/C12H18N2O3/c1-14(7-8-16-2)11-9(12(15)17-3)5-4-6-10(11)13/h4-6H,7-8,13H2,1-3H3. The number of hydrogen-bond donors (Lipinski definition) is 1. The van der Waals surface area contributed by atoms with Crippen LogP contribution in [0, 0.1) is 0 Å². The van der Waals surface area contributed by atoms with E-state index in [1.54, 1.807) is 25.3 Å². The first kappa shape index (κ1) is 13.3. The molecule has 0 aliphatic heterocycles. The van der Waals surface area contributed by atoms with Crippen molar-refractivity contribution in [2.45, 2.75) is 0 Å². The molecular formula is C12H18N2O3. The number of ether oxygens (including phenoxy) is 2. The van der Waals surface area contributed by atoms with Gasteiger partial charge in [0.15, 0.2) is 0 Å². The van der Waals surface area contributed by atoms with E-state index in [-0.39, 0.29) is 0 Å². The van der Waals surface area contributed by atoms with Crippen LogP contribution in [0.3, 0.4) is 0 Å². The second-order valence-corrected chi connectivity index (χ2v) is 3.65. The Balaban J connectivity index is 3.06. The van der Waals surface area contributed by atoms with E-state index in [4.69, 9.17) is 15.2 Å². The van der Waals surface area contributed by atoms with Gasteiger partial charge in [-0.05, 0) is 12.1 Å². The average molecular weight is 238 g/mol. The summed E-state index contributed by atoms with van der Waals surface area (Å²) in [7, 11) is 4.84. The lowest BCUT2D eigenvalue weighted by atomic mass is 10.1. The lowest BCUT2D eigenvalue weighted by Crippen LogP contribution is -2.25. The molecule has 0 unspecified atom stereocenters. The molecule has 0 fully saturated rings. The number of benzene rings is 1. The lowest BCUT2D eigenvalue weighted by Gasteiger charge is -2.22. The minimum Gasteiger partial charge on any atom is -0.465 e. The molecule has 0 bridgehead atoms. The highest BCUT2D eigenvalue weighted by atomic mass is 16.5. The quantitative estimate of drug-likeness (QED) is 0.615. The lowest BCUT2D eigenvalue weighted by molar-refractivity contribution is 0.0601. The topological polar surface area (TPSA) is 64.8 Å². The van der Waals surface area contributed by atoms with Crippen molar-refractivity contribution in [3.8, 4) is 0 Å². The van der Waals surface area contributed by atoms with Crippen LogP contribution in [0.5, 0.6) is 0 Å². The molecule has 0 saturated carbocycles. The Kier molecular flexibility index (Phi) is 4.78. The zero-order chi connectivity index (χ0) is 12.8. The Labute approximate surface area is 101 Å². The van der Waals surface area contributed by atoms with Gasteiger partial charge >= 0.3 is 5.97 Å². The van der Waals surface area contributed by atoms with Crippen LogP contribution < -0.4 is 10.6 Å². The molecular weight excluding hydrogens is 220 g/mol. The Morgan fingerprint density at radius 3 is 2.71 bits per heavy atom. The third kappa shape index (κ3) is 3.10. The molecule has 0 heterocycles. The molecule has 1 rings (SSSR count). The number of likely N-dealkylation sites (N-methyl/N-ethyl adjacent to an activating group) is 1. The van der Waals surface area contributed by atoms with Crippen molar-refractivity contribution in [2.24, 2.45) is 0 Å². The van der Waals surface area contributed by atoms with Crippen LogP contribution in [0.15, 0.2) is 18.2 Å². The largest absolute Gasteiger partial charge is 0.465 e. The molecule has 94 valence electrons. The number of para-hydroxylation sites is 1. The minimum absolute atomic E-state index is 0.392. The van der Waals surface area contributed by atoms with Crippen molar-refractivity contribution < 1.29 is 14.3 Å². The van der Waals surface area contributed by atoms with E-state index in [1.807, 2.05) is 11.9 Å². The van der Waals surface area contributed by atoms with Gasteiger partial charge in [-0.15, -0.1) is 0 Å². The Hall–Kier alpha value is -1.75. The highest BCUT2D eigenvalue weighted by Crippen LogP contribution is 2.27. The SMILES string of the molecule is COCCN(C)c1c(N)cccc1C(=O)OC. The van der Waals surface area contributed by atoms with Crippen LogP contribution in [-0.4, -0.2) is 40.4 Å². The molecule has 0 amide bonds. The minimum atomic E-state index is -0.392. The number of nitrogens with zero attached hydrogens (tertiary/aromatic N) is 1. The maximum Gasteiger partial charge on any atom is 0.340 e. The average Bonchev–Trinajstić information content (AvgIpc) is 2.34. The molecule has 0 aliphatic rings. The number of nitrogens with two attached hydrogens (primary N) is 1. The molecule has 0 spiro atoms. The fourth-order valence-corrected chi connectivity index (χ4v) is 1.60. The summed E-state index contributed by atoms with van der Waals surface area (Å²) in [5.74, 6) is -0.392. The smallest absolute Gasteiger partial charge is 0.340 e. The monoisotopic (exact) mass is 238 g/mol. The van der Waals surface area contributed by atoms with Crippen LogP contribution in [0.2, 0.25) is 0 Å². The van der Waals surface area contributed by atoms with Gasteiger partial charge in [0.05, 0.1) is 30.7 Å². The second kappa shape index (κ2) is 6.10. The molecule has 5 heteroatoms. The first-order chi connectivity index (χ1) is 8.11. The van der Waals surface area contributed by atoms with Crippen LogP contribution in [0.25, 0.3) is 0 Å². The normalized spacial score (nSPS) is 10.1. The van der Waals surface area contributed by atoms with Gasteiger partial charge in [-0.3, -0.25) is 0 Å². The molecule has 0 atom stereocenters. The first-order valence-electron chi connectivity index (χ1n) is 5.28. The molecule has 17 heavy (non-hydrogen) atoms. The number of carbonyl (C=O) groups is 1. The van der Waals surface area contributed by atoms with Gasteiger partial charge in [-0.1, -0.05) is 6.07 Å². The van der Waals surface area contributed by atoms with Crippen LogP contribution in [-0.2, 0) is 9.47 Å². The summed E-state index contributed by atoms with van der Waals surface area (Å²) in [6.45, 7) is 1.21. The number of methoxy groups -OCH3 is 2. The van der Waals surface area contributed by atoms with E-state index in [2.05, 4.69) is 0 Å². The molecule has 0 aliphatic carbocycles. The fourth-order valence-electron chi connectivity index (χ4n) is 1.60. The fraction of sp³-hybridized carbons (Fsp3) is 0.417. The Morgan fingerprint density at radius 1 is 1.41 bits per heavy atom. The highest BCUT2D eigenvalue weighted by Gasteiger charge is 2.17. The second-order valence-electron chi connectivity index (χ2n) is 3.65. The molecule has 1 aromatic carbocycles. The van der Waals surface area contributed by atoms with Crippen LogP contribution in [0.4, 0.5) is 11.4 Å². The van der Waals surface area contributed by atoms with E-state index < -0.39 is 5.97 Å². The zero-order valence-electron chi connectivity index (χ0n) is 10.4. The van der Waals surface area contributed by atoms with E-state index in [0.717, 1.165) is 0 Å². The number of anilines is 2. The van der Waals surface area contributed by atoms with Crippen molar-refractivity contribution >= 4 is 17.3 Å². The molecule has 1 aromatic rings. The molecule has 0 radical (unpaired) electrons. The first-order valence-corrected chi connectivity index (χ1v) is 5.28. The van der Waals surface area contributed by atoms with Gasteiger partial charge in [0, 0.05) is 20.7 Å². The number of hydrogen-bond acceptors (Lipinski definition) is 5. The number of carbonyl (C=O) groups excluding carboxylic acids is 1. The van der Waals surface area contributed by atoms with Crippen LogP contribution in [0.1, 0.15) is 10.4 Å². The van der Waals surface area contributed by atoms with Gasteiger partial charge in [-0.2, -0.15) is 0 Å². The van der Waals surface area contributed by atoms with E-state index in [9.17, 15) is 4.79 Å².